The molecule has 1 heterocycles. The van der Waals surface area contributed by atoms with E-state index in [2.05, 4.69) is 4.98 Å². The SMILES string of the molecule is COc1c(N)cccc1C(=O)OCc1ncccc1C. The minimum absolute atomic E-state index is 0.115. The average molecular weight is 272 g/mol. The normalized spacial score (nSPS) is 10.1. The maximum absolute atomic E-state index is 12.1. The number of methoxy groups -OCH3 is 1. The van der Waals surface area contributed by atoms with Gasteiger partial charge in [0.05, 0.1) is 18.5 Å². The maximum Gasteiger partial charge on any atom is 0.342 e. The Balaban J connectivity index is 2.14. The number of hydrogen-bond donors (Lipinski definition) is 1. The molecule has 0 aliphatic heterocycles. The van der Waals surface area contributed by atoms with E-state index in [0.717, 1.165) is 11.3 Å². The first-order valence-electron chi connectivity index (χ1n) is 6.13. The average Bonchev–Trinajstić information content (AvgIpc) is 2.46. The summed E-state index contributed by atoms with van der Waals surface area (Å²) in [5.41, 5.74) is 8.16. The van der Waals surface area contributed by atoms with E-state index in [1.165, 1.54) is 7.11 Å². The lowest BCUT2D eigenvalue weighted by Gasteiger charge is -2.11. The number of carbonyl (C=O) groups is 1. The van der Waals surface area contributed by atoms with Crippen molar-refractivity contribution in [2.24, 2.45) is 0 Å². The van der Waals surface area contributed by atoms with Crippen molar-refractivity contribution < 1.29 is 14.3 Å². The standard InChI is InChI=1S/C15H16N2O3/c1-10-5-4-8-17-13(10)9-20-15(18)11-6-3-7-12(16)14(11)19-2/h3-8H,9,16H2,1-2H3. The summed E-state index contributed by atoms with van der Waals surface area (Å²) in [4.78, 5) is 16.2. The summed E-state index contributed by atoms with van der Waals surface area (Å²) in [6, 6.07) is 8.71. The van der Waals surface area contributed by atoms with Crippen molar-refractivity contribution in [1.82, 2.24) is 4.98 Å². The zero-order valence-corrected chi connectivity index (χ0v) is 11.4. The lowest BCUT2D eigenvalue weighted by molar-refractivity contribution is 0.0463. The summed E-state index contributed by atoms with van der Waals surface area (Å²) in [5.74, 6) is -0.158. The van der Waals surface area contributed by atoms with Crippen LogP contribution in [0.15, 0.2) is 36.5 Å². The van der Waals surface area contributed by atoms with Gasteiger partial charge in [-0.05, 0) is 30.7 Å². The second kappa shape index (κ2) is 6.06. The highest BCUT2D eigenvalue weighted by atomic mass is 16.5. The van der Waals surface area contributed by atoms with E-state index in [1.807, 2.05) is 19.1 Å². The molecule has 0 unspecified atom stereocenters. The minimum atomic E-state index is -0.487. The summed E-state index contributed by atoms with van der Waals surface area (Å²) in [5, 5.41) is 0. The molecule has 5 nitrogen and oxygen atoms in total. The quantitative estimate of drug-likeness (QED) is 0.683. The van der Waals surface area contributed by atoms with Gasteiger partial charge < -0.3 is 15.2 Å². The molecule has 2 N–H and O–H groups in total. The highest BCUT2D eigenvalue weighted by molar-refractivity contribution is 5.94. The molecule has 0 aliphatic rings. The largest absolute Gasteiger partial charge is 0.494 e. The van der Waals surface area contributed by atoms with Crippen molar-refractivity contribution in [1.29, 1.82) is 0 Å². The number of aromatic nitrogens is 1. The van der Waals surface area contributed by atoms with Gasteiger partial charge in [0.2, 0.25) is 0 Å². The molecule has 0 saturated heterocycles. The molecule has 1 aromatic heterocycles. The van der Waals surface area contributed by atoms with E-state index < -0.39 is 5.97 Å². The predicted molar refractivity (Wildman–Crippen MR) is 75.5 cm³/mol. The Labute approximate surface area is 117 Å². The van der Waals surface area contributed by atoms with E-state index in [1.54, 1.807) is 24.4 Å². The van der Waals surface area contributed by atoms with Gasteiger partial charge in [0.15, 0.2) is 5.75 Å². The minimum Gasteiger partial charge on any atom is -0.494 e. The van der Waals surface area contributed by atoms with Crippen LogP contribution < -0.4 is 10.5 Å². The third kappa shape index (κ3) is 2.88. The first kappa shape index (κ1) is 13.9. The molecular weight excluding hydrogens is 256 g/mol. The number of nitrogens with two attached hydrogens (primary N) is 1. The fourth-order valence-corrected chi connectivity index (χ4v) is 1.82. The van der Waals surface area contributed by atoms with Gasteiger partial charge in [-0.25, -0.2) is 4.79 Å². The summed E-state index contributed by atoms with van der Waals surface area (Å²) in [6.45, 7) is 2.03. The summed E-state index contributed by atoms with van der Waals surface area (Å²) < 4.78 is 10.4. The smallest absolute Gasteiger partial charge is 0.342 e. The van der Waals surface area contributed by atoms with E-state index in [-0.39, 0.29) is 6.61 Å². The summed E-state index contributed by atoms with van der Waals surface area (Å²) in [6.07, 6.45) is 1.66. The Morgan fingerprint density at radius 1 is 1.30 bits per heavy atom. The molecule has 0 aliphatic carbocycles. The van der Waals surface area contributed by atoms with E-state index in [9.17, 15) is 4.79 Å². The van der Waals surface area contributed by atoms with Crippen LogP contribution in [0, 0.1) is 6.92 Å². The Morgan fingerprint density at radius 3 is 2.80 bits per heavy atom. The van der Waals surface area contributed by atoms with Gasteiger partial charge >= 0.3 is 5.97 Å². The van der Waals surface area contributed by atoms with E-state index in [4.69, 9.17) is 15.2 Å². The van der Waals surface area contributed by atoms with Crippen LogP contribution in [-0.2, 0) is 11.3 Å². The molecule has 0 amide bonds. The molecule has 0 spiro atoms. The fourth-order valence-electron chi connectivity index (χ4n) is 1.82. The van der Waals surface area contributed by atoms with Gasteiger partial charge in [0, 0.05) is 6.20 Å². The number of pyridine rings is 1. The first-order chi connectivity index (χ1) is 9.63. The third-order valence-electron chi connectivity index (χ3n) is 2.93. The van der Waals surface area contributed by atoms with Crippen molar-refractivity contribution in [3.63, 3.8) is 0 Å². The van der Waals surface area contributed by atoms with Crippen molar-refractivity contribution in [2.45, 2.75) is 13.5 Å². The van der Waals surface area contributed by atoms with Crippen molar-refractivity contribution in [3.8, 4) is 5.75 Å². The van der Waals surface area contributed by atoms with Crippen LogP contribution in [-0.4, -0.2) is 18.1 Å². The summed E-state index contributed by atoms with van der Waals surface area (Å²) in [7, 11) is 1.46. The van der Waals surface area contributed by atoms with Crippen LogP contribution in [0.25, 0.3) is 0 Å². The molecule has 1 aromatic carbocycles. The van der Waals surface area contributed by atoms with Crippen molar-refractivity contribution >= 4 is 11.7 Å². The van der Waals surface area contributed by atoms with Crippen molar-refractivity contribution in [3.05, 3.63) is 53.3 Å². The van der Waals surface area contributed by atoms with Gasteiger partial charge in [0.1, 0.15) is 12.2 Å². The van der Waals surface area contributed by atoms with Crippen LogP contribution in [0.5, 0.6) is 5.75 Å². The fraction of sp³-hybridized carbons (Fsp3) is 0.200. The lowest BCUT2D eigenvalue weighted by atomic mass is 10.1. The number of rotatable bonds is 4. The highest BCUT2D eigenvalue weighted by Crippen LogP contribution is 2.26. The Kier molecular flexibility index (Phi) is 4.20. The number of carbonyl (C=O) groups excluding carboxylic acids is 1. The predicted octanol–water partition coefficient (Wildman–Crippen LogP) is 2.34. The van der Waals surface area contributed by atoms with Gasteiger partial charge in [0.25, 0.3) is 0 Å². The number of para-hydroxylation sites is 1. The molecule has 2 rings (SSSR count). The maximum atomic E-state index is 12.1. The first-order valence-corrected chi connectivity index (χ1v) is 6.13. The second-order valence-electron chi connectivity index (χ2n) is 4.27. The zero-order valence-electron chi connectivity index (χ0n) is 11.4. The van der Waals surface area contributed by atoms with Crippen LogP contribution in [0.2, 0.25) is 0 Å². The van der Waals surface area contributed by atoms with Crippen LogP contribution in [0.1, 0.15) is 21.6 Å². The van der Waals surface area contributed by atoms with Gasteiger partial charge in [-0.3, -0.25) is 4.98 Å². The number of aryl methyl sites for hydroxylation is 1. The van der Waals surface area contributed by atoms with Gasteiger partial charge in [-0.1, -0.05) is 12.1 Å². The molecule has 0 atom stereocenters. The number of hydrogen-bond acceptors (Lipinski definition) is 5. The highest BCUT2D eigenvalue weighted by Gasteiger charge is 2.16. The molecule has 0 saturated carbocycles. The number of nitrogens with zero attached hydrogens (tertiary/aromatic N) is 1. The molecule has 5 heteroatoms. The molecule has 2 aromatic rings. The monoisotopic (exact) mass is 272 g/mol. The van der Waals surface area contributed by atoms with Crippen molar-refractivity contribution in [2.75, 3.05) is 12.8 Å². The molecule has 104 valence electrons. The van der Waals surface area contributed by atoms with Crippen LogP contribution in [0.3, 0.4) is 0 Å². The lowest BCUT2D eigenvalue weighted by Crippen LogP contribution is -2.09. The van der Waals surface area contributed by atoms with Crippen LogP contribution in [0.4, 0.5) is 5.69 Å². The van der Waals surface area contributed by atoms with E-state index >= 15 is 0 Å². The third-order valence-corrected chi connectivity index (χ3v) is 2.93. The summed E-state index contributed by atoms with van der Waals surface area (Å²) >= 11 is 0. The second-order valence-corrected chi connectivity index (χ2v) is 4.27. The number of anilines is 1. The van der Waals surface area contributed by atoms with E-state index in [0.29, 0.717) is 17.0 Å². The number of nitrogen functional groups attached to an aromatic ring is 1. The Morgan fingerprint density at radius 2 is 2.10 bits per heavy atom. The van der Waals surface area contributed by atoms with Gasteiger partial charge in [-0.2, -0.15) is 0 Å². The van der Waals surface area contributed by atoms with Gasteiger partial charge in [-0.15, -0.1) is 0 Å². The number of ether oxygens (including phenoxy) is 2. The molecule has 0 fully saturated rings. The Bertz CT molecular complexity index is 626. The molecule has 0 bridgehead atoms. The molecule has 0 radical (unpaired) electrons. The topological polar surface area (TPSA) is 74.4 Å². The number of benzene rings is 1. The molecular formula is C15H16N2O3. The Hall–Kier alpha value is -2.56. The number of esters is 1. The zero-order chi connectivity index (χ0) is 14.5. The molecule has 20 heavy (non-hydrogen) atoms. The van der Waals surface area contributed by atoms with Crippen LogP contribution >= 0.6 is 0 Å².